The van der Waals surface area contributed by atoms with Gasteiger partial charge in [-0.15, -0.1) is 0 Å². The molecule has 15 heavy (non-hydrogen) atoms. The number of nitrogens with zero attached hydrogens (tertiary/aromatic N) is 1. The van der Waals surface area contributed by atoms with Crippen molar-refractivity contribution in [3.05, 3.63) is 0 Å². The highest BCUT2D eigenvalue weighted by Crippen LogP contribution is 2.31. The minimum absolute atomic E-state index is 0.862. The van der Waals surface area contributed by atoms with E-state index in [0.717, 1.165) is 17.9 Å². The summed E-state index contributed by atoms with van der Waals surface area (Å²) >= 11 is 0. The molecule has 1 heteroatoms. The van der Waals surface area contributed by atoms with Crippen LogP contribution in [0.2, 0.25) is 0 Å². The zero-order chi connectivity index (χ0) is 11.3. The van der Waals surface area contributed by atoms with Crippen molar-refractivity contribution in [2.75, 3.05) is 13.1 Å². The molecule has 0 aromatic heterocycles. The van der Waals surface area contributed by atoms with Crippen molar-refractivity contribution in [2.24, 2.45) is 11.8 Å². The summed E-state index contributed by atoms with van der Waals surface area (Å²) in [5.74, 6) is 1.95. The van der Waals surface area contributed by atoms with E-state index in [-0.39, 0.29) is 0 Å². The zero-order valence-corrected chi connectivity index (χ0v) is 11.1. The summed E-state index contributed by atoms with van der Waals surface area (Å²) in [5, 5.41) is 0. The van der Waals surface area contributed by atoms with Crippen LogP contribution in [-0.4, -0.2) is 24.0 Å². The lowest BCUT2D eigenvalue weighted by Crippen LogP contribution is -2.33. The first-order chi connectivity index (χ1) is 7.26. The minimum atomic E-state index is 0.862. The van der Waals surface area contributed by atoms with Gasteiger partial charge >= 0.3 is 0 Å². The van der Waals surface area contributed by atoms with E-state index in [4.69, 9.17) is 0 Å². The average Bonchev–Trinajstić information content (AvgIpc) is 2.68. The van der Waals surface area contributed by atoms with Crippen molar-refractivity contribution >= 4 is 0 Å². The van der Waals surface area contributed by atoms with Crippen molar-refractivity contribution < 1.29 is 0 Å². The van der Waals surface area contributed by atoms with E-state index < -0.39 is 0 Å². The monoisotopic (exact) mass is 211 g/mol. The summed E-state index contributed by atoms with van der Waals surface area (Å²) in [6.07, 6.45) is 6.81. The number of likely N-dealkylation sites (tertiary alicyclic amines) is 1. The molecule has 0 bridgehead atoms. The Morgan fingerprint density at radius 2 is 1.53 bits per heavy atom. The molecule has 0 radical (unpaired) electrons. The van der Waals surface area contributed by atoms with Crippen molar-refractivity contribution in [1.29, 1.82) is 0 Å². The van der Waals surface area contributed by atoms with Gasteiger partial charge in [-0.2, -0.15) is 0 Å². The topological polar surface area (TPSA) is 3.24 Å². The molecule has 0 N–H and O–H groups in total. The first-order valence-corrected chi connectivity index (χ1v) is 7.00. The second-order valence-corrected chi connectivity index (χ2v) is 5.14. The lowest BCUT2D eigenvalue weighted by atomic mass is 9.92. The highest BCUT2D eigenvalue weighted by molar-refractivity contribution is 4.86. The quantitative estimate of drug-likeness (QED) is 0.643. The molecule has 0 aliphatic carbocycles. The normalized spacial score (nSPS) is 29.6. The Bertz CT molecular complexity index is 155. The van der Waals surface area contributed by atoms with E-state index >= 15 is 0 Å². The second kappa shape index (κ2) is 6.52. The summed E-state index contributed by atoms with van der Waals surface area (Å²) in [7, 11) is 0. The molecule has 0 aromatic rings. The van der Waals surface area contributed by atoms with E-state index in [0.29, 0.717) is 0 Å². The summed E-state index contributed by atoms with van der Waals surface area (Å²) in [6, 6.07) is 0.862. The van der Waals surface area contributed by atoms with E-state index in [1.54, 1.807) is 0 Å². The third-order valence-electron chi connectivity index (χ3n) is 4.26. The summed E-state index contributed by atoms with van der Waals surface area (Å²) in [6.45, 7) is 12.1. The molecule has 1 aliphatic rings. The van der Waals surface area contributed by atoms with E-state index in [9.17, 15) is 0 Å². The standard InChI is InChI=1S/C14H29N/c1-5-9-14(8-4)15-10-12(6-2)13(7-3)11-15/h12-14H,5-11H2,1-4H3. The molecule has 1 aliphatic heterocycles. The molecule has 90 valence electrons. The fourth-order valence-corrected chi connectivity index (χ4v) is 3.18. The molecule has 0 amide bonds. The minimum Gasteiger partial charge on any atom is -0.300 e. The highest BCUT2D eigenvalue weighted by Gasteiger charge is 2.32. The van der Waals surface area contributed by atoms with Crippen LogP contribution in [0, 0.1) is 11.8 Å². The Hall–Kier alpha value is -0.0400. The predicted octanol–water partition coefficient (Wildman–Crippen LogP) is 3.93. The molecule has 0 spiro atoms. The summed E-state index contributed by atoms with van der Waals surface area (Å²) in [4.78, 5) is 2.77. The molecule has 1 saturated heterocycles. The third-order valence-corrected chi connectivity index (χ3v) is 4.26. The molecule has 1 fully saturated rings. The first kappa shape index (κ1) is 13.0. The van der Waals surface area contributed by atoms with Gasteiger partial charge in [-0.3, -0.25) is 4.90 Å². The van der Waals surface area contributed by atoms with Gasteiger partial charge in [0.05, 0.1) is 0 Å². The fraction of sp³-hybridized carbons (Fsp3) is 1.00. The Morgan fingerprint density at radius 1 is 1.00 bits per heavy atom. The molecular weight excluding hydrogens is 182 g/mol. The molecular formula is C14H29N. The van der Waals surface area contributed by atoms with Gasteiger partial charge in [0.25, 0.3) is 0 Å². The van der Waals surface area contributed by atoms with Crippen LogP contribution >= 0.6 is 0 Å². The van der Waals surface area contributed by atoms with Crippen molar-refractivity contribution in [2.45, 2.75) is 65.8 Å². The van der Waals surface area contributed by atoms with E-state index in [1.807, 2.05) is 0 Å². The Kier molecular flexibility index (Phi) is 5.66. The SMILES string of the molecule is CCCC(CC)N1CC(CC)C(CC)C1. The van der Waals surface area contributed by atoms with Crippen LogP contribution in [0.1, 0.15) is 59.8 Å². The van der Waals surface area contributed by atoms with Crippen LogP contribution in [0.3, 0.4) is 0 Å². The van der Waals surface area contributed by atoms with E-state index in [1.165, 1.54) is 45.2 Å². The molecule has 3 atom stereocenters. The molecule has 3 unspecified atom stereocenters. The maximum absolute atomic E-state index is 2.77. The number of rotatable bonds is 6. The van der Waals surface area contributed by atoms with Crippen LogP contribution < -0.4 is 0 Å². The molecule has 0 saturated carbocycles. The van der Waals surface area contributed by atoms with Crippen molar-refractivity contribution in [3.8, 4) is 0 Å². The maximum Gasteiger partial charge on any atom is 0.00927 e. The third kappa shape index (κ3) is 3.21. The fourth-order valence-electron chi connectivity index (χ4n) is 3.18. The van der Waals surface area contributed by atoms with Gasteiger partial charge in [-0.1, -0.05) is 47.0 Å². The highest BCUT2D eigenvalue weighted by atomic mass is 15.2. The van der Waals surface area contributed by atoms with Gasteiger partial charge in [-0.25, -0.2) is 0 Å². The van der Waals surface area contributed by atoms with Gasteiger partial charge in [0.1, 0.15) is 0 Å². The number of hydrogen-bond acceptors (Lipinski definition) is 1. The van der Waals surface area contributed by atoms with Gasteiger partial charge < -0.3 is 0 Å². The number of hydrogen-bond donors (Lipinski definition) is 0. The molecule has 0 aromatic carbocycles. The lowest BCUT2D eigenvalue weighted by molar-refractivity contribution is 0.211. The summed E-state index contributed by atoms with van der Waals surface area (Å²) < 4.78 is 0. The molecule has 1 nitrogen and oxygen atoms in total. The molecule has 1 heterocycles. The van der Waals surface area contributed by atoms with Crippen molar-refractivity contribution in [3.63, 3.8) is 0 Å². The smallest absolute Gasteiger partial charge is 0.00927 e. The lowest BCUT2D eigenvalue weighted by Gasteiger charge is -2.26. The van der Waals surface area contributed by atoms with Gasteiger partial charge in [-0.05, 0) is 24.7 Å². The Labute approximate surface area is 96.2 Å². The predicted molar refractivity (Wildman–Crippen MR) is 68.1 cm³/mol. The van der Waals surface area contributed by atoms with Crippen LogP contribution in [0.4, 0.5) is 0 Å². The van der Waals surface area contributed by atoms with Gasteiger partial charge in [0, 0.05) is 19.1 Å². The van der Waals surface area contributed by atoms with E-state index in [2.05, 4.69) is 32.6 Å². The first-order valence-electron chi connectivity index (χ1n) is 7.00. The largest absolute Gasteiger partial charge is 0.300 e. The zero-order valence-electron chi connectivity index (χ0n) is 11.1. The average molecular weight is 211 g/mol. The van der Waals surface area contributed by atoms with Gasteiger partial charge in [0.15, 0.2) is 0 Å². The van der Waals surface area contributed by atoms with Crippen LogP contribution in [0.25, 0.3) is 0 Å². The van der Waals surface area contributed by atoms with Crippen LogP contribution in [0.15, 0.2) is 0 Å². The van der Waals surface area contributed by atoms with Crippen LogP contribution in [-0.2, 0) is 0 Å². The van der Waals surface area contributed by atoms with Gasteiger partial charge in [0.2, 0.25) is 0 Å². The Morgan fingerprint density at radius 3 is 1.87 bits per heavy atom. The second-order valence-electron chi connectivity index (χ2n) is 5.14. The van der Waals surface area contributed by atoms with Crippen molar-refractivity contribution in [1.82, 2.24) is 4.90 Å². The summed E-state index contributed by atoms with van der Waals surface area (Å²) in [5.41, 5.74) is 0. The Balaban J connectivity index is 2.50. The molecule has 1 rings (SSSR count). The van der Waals surface area contributed by atoms with Crippen LogP contribution in [0.5, 0.6) is 0 Å². The maximum atomic E-state index is 2.77.